The second kappa shape index (κ2) is 4.24. The summed E-state index contributed by atoms with van der Waals surface area (Å²) in [5, 5.41) is 0. The molecule has 0 amide bonds. The highest BCUT2D eigenvalue weighted by Crippen LogP contribution is 2.29. The molecule has 1 atom stereocenters. The zero-order valence-corrected chi connectivity index (χ0v) is 8.69. The van der Waals surface area contributed by atoms with Gasteiger partial charge in [0.05, 0.1) is 14.2 Å². The molecule has 13 heavy (non-hydrogen) atoms. The van der Waals surface area contributed by atoms with E-state index in [1.165, 1.54) is 14.2 Å². The van der Waals surface area contributed by atoms with Gasteiger partial charge in [-0.3, -0.25) is 4.79 Å². The Morgan fingerprint density at radius 1 is 1.23 bits per heavy atom. The Labute approximate surface area is 79.2 Å². The molecule has 0 radical (unpaired) electrons. The summed E-state index contributed by atoms with van der Waals surface area (Å²) in [6.45, 7) is 0. The highest BCUT2D eigenvalue weighted by atomic mass is 31.0. The van der Waals surface area contributed by atoms with Crippen LogP contribution in [0.1, 0.15) is 10.4 Å². The number of benzene rings is 1. The van der Waals surface area contributed by atoms with E-state index in [4.69, 9.17) is 9.47 Å². The number of methoxy groups -OCH3 is 2. The van der Waals surface area contributed by atoms with Crippen LogP contribution < -0.4 is 9.47 Å². The first-order valence-corrected chi connectivity index (χ1v) is 4.29. The largest absolute Gasteiger partial charge is 0.496 e. The topological polar surface area (TPSA) is 35.5 Å². The van der Waals surface area contributed by atoms with E-state index in [1.54, 1.807) is 18.2 Å². The van der Waals surface area contributed by atoms with Crippen molar-refractivity contribution in [3.8, 4) is 11.5 Å². The molecule has 0 aliphatic heterocycles. The van der Waals surface area contributed by atoms with Gasteiger partial charge in [0, 0.05) is 0 Å². The van der Waals surface area contributed by atoms with Crippen molar-refractivity contribution in [3.05, 3.63) is 23.8 Å². The van der Waals surface area contributed by atoms with E-state index in [0.29, 0.717) is 17.1 Å². The first-order valence-electron chi connectivity index (χ1n) is 3.71. The van der Waals surface area contributed by atoms with E-state index >= 15 is 0 Å². The van der Waals surface area contributed by atoms with Gasteiger partial charge in [0.25, 0.3) is 0 Å². The molecule has 4 heteroatoms. The predicted molar refractivity (Wildman–Crippen MR) is 53.6 cm³/mol. The van der Waals surface area contributed by atoms with E-state index in [0.717, 1.165) is 0 Å². The molecule has 0 fully saturated rings. The van der Waals surface area contributed by atoms with Crippen LogP contribution in [0.2, 0.25) is 0 Å². The third-order valence-corrected chi connectivity index (χ3v) is 1.96. The van der Waals surface area contributed by atoms with Gasteiger partial charge in [-0.15, -0.1) is 0 Å². The van der Waals surface area contributed by atoms with Crippen molar-refractivity contribution in [1.29, 1.82) is 0 Å². The number of rotatable bonds is 3. The van der Waals surface area contributed by atoms with Gasteiger partial charge in [-0.05, 0) is 12.1 Å². The lowest BCUT2D eigenvalue weighted by Gasteiger charge is -2.09. The molecule has 0 bridgehead atoms. The molecule has 0 aliphatic carbocycles. The second-order valence-corrected chi connectivity index (χ2v) is 2.93. The average molecular weight is 198 g/mol. The van der Waals surface area contributed by atoms with Crippen molar-refractivity contribution in [2.24, 2.45) is 0 Å². The molecule has 0 aliphatic rings. The maximum atomic E-state index is 11.2. The molecule has 1 aromatic rings. The summed E-state index contributed by atoms with van der Waals surface area (Å²) in [4.78, 5) is 11.2. The van der Waals surface area contributed by atoms with Crippen LogP contribution >= 0.6 is 9.24 Å². The molecule has 3 nitrogen and oxygen atoms in total. The standard InChI is InChI=1S/C9H11O3P/c1-11-6-4-3-5-7(12-2)8(6)9(10)13/h3-5H,13H2,1-2H3. The second-order valence-electron chi connectivity index (χ2n) is 2.40. The van der Waals surface area contributed by atoms with Crippen molar-refractivity contribution in [1.82, 2.24) is 0 Å². The fourth-order valence-corrected chi connectivity index (χ4v) is 1.38. The monoisotopic (exact) mass is 198 g/mol. The van der Waals surface area contributed by atoms with Gasteiger partial charge < -0.3 is 9.47 Å². The minimum Gasteiger partial charge on any atom is -0.496 e. The summed E-state index contributed by atoms with van der Waals surface area (Å²) in [5.41, 5.74) is 0.312. The van der Waals surface area contributed by atoms with Gasteiger partial charge >= 0.3 is 0 Å². The Morgan fingerprint density at radius 3 is 2.00 bits per heavy atom. The third kappa shape index (κ3) is 1.99. The Bertz CT molecular complexity index is 300. The van der Waals surface area contributed by atoms with Gasteiger partial charge in [-0.2, -0.15) is 0 Å². The number of carbonyl (C=O) groups excluding carboxylic acids is 1. The van der Waals surface area contributed by atoms with Crippen LogP contribution in [0.15, 0.2) is 18.2 Å². The summed E-state index contributed by atoms with van der Waals surface area (Å²) in [6.07, 6.45) is 0. The fraction of sp³-hybridized carbons (Fsp3) is 0.222. The highest BCUT2D eigenvalue weighted by Gasteiger charge is 2.13. The molecule has 0 saturated heterocycles. The van der Waals surface area contributed by atoms with Gasteiger partial charge in [0.15, 0.2) is 5.52 Å². The molecule has 70 valence electrons. The third-order valence-electron chi connectivity index (χ3n) is 1.67. The molecular formula is C9H11O3P. The Hall–Kier alpha value is -1.08. The van der Waals surface area contributed by atoms with Crippen molar-refractivity contribution in [2.45, 2.75) is 0 Å². The fourth-order valence-electron chi connectivity index (χ4n) is 1.09. The van der Waals surface area contributed by atoms with Gasteiger partial charge in [0.1, 0.15) is 17.1 Å². The maximum Gasteiger partial charge on any atom is 0.185 e. The SMILES string of the molecule is COc1cccc(OC)c1C(=O)P. The van der Waals surface area contributed by atoms with Crippen LogP contribution in [0.25, 0.3) is 0 Å². The maximum absolute atomic E-state index is 11.2. The van der Waals surface area contributed by atoms with Crippen LogP contribution in [0.3, 0.4) is 0 Å². The van der Waals surface area contributed by atoms with Crippen molar-refractivity contribution < 1.29 is 14.3 Å². The molecule has 0 aromatic heterocycles. The molecule has 0 N–H and O–H groups in total. The van der Waals surface area contributed by atoms with Gasteiger partial charge in [0.2, 0.25) is 0 Å². The van der Waals surface area contributed by atoms with E-state index in [2.05, 4.69) is 9.24 Å². The molecular weight excluding hydrogens is 187 g/mol. The lowest BCUT2D eigenvalue weighted by atomic mass is 10.2. The summed E-state index contributed by atoms with van der Waals surface area (Å²) < 4.78 is 10.1. The average Bonchev–Trinajstić information content (AvgIpc) is 2.16. The number of hydrogen-bond acceptors (Lipinski definition) is 3. The Kier molecular flexibility index (Phi) is 3.26. The first kappa shape index (κ1) is 10.0. The van der Waals surface area contributed by atoms with Crippen LogP contribution in [-0.4, -0.2) is 19.7 Å². The first-order chi connectivity index (χ1) is 6.20. The highest BCUT2D eigenvalue weighted by molar-refractivity contribution is 7.41. The summed E-state index contributed by atoms with van der Waals surface area (Å²) >= 11 is 0. The quantitative estimate of drug-likeness (QED) is 0.693. The van der Waals surface area contributed by atoms with E-state index in [9.17, 15) is 4.79 Å². The molecule has 0 spiro atoms. The Balaban J connectivity index is 3.29. The smallest absolute Gasteiger partial charge is 0.185 e. The minimum absolute atomic E-state index is 0.144. The number of ether oxygens (including phenoxy) is 2. The van der Waals surface area contributed by atoms with Crippen LogP contribution in [0, 0.1) is 0 Å². The van der Waals surface area contributed by atoms with Crippen molar-refractivity contribution in [2.75, 3.05) is 14.2 Å². The lowest BCUT2D eigenvalue weighted by molar-refractivity contribution is 0.108. The van der Waals surface area contributed by atoms with Crippen molar-refractivity contribution >= 4 is 14.8 Å². The summed E-state index contributed by atoms with van der Waals surface area (Å²) in [6, 6.07) is 5.22. The zero-order valence-electron chi connectivity index (χ0n) is 7.53. The predicted octanol–water partition coefficient (Wildman–Crippen LogP) is 1.72. The summed E-state index contributed by atoms with van der Waals surface area (Å²) in [5.74, 6) is 1.05. The normalized spacial score (nSPS) is 9.46. The Morgan fingerprint density at radius 2 is 1.69 bits per heavy atom. The van der Waals surface area contributed by atoms with E-state index < -0.39 is 0 Å². The van der Waals surface area contributed by atoms with Crippen LogP contribution in [0.5, 0.6) is 11.5 Å². The van der Waals surface area contributed by atoms with Crippen molar-refractivity contribution in [3.63, 3.8) is 0 Å². The molecule has 1 aromatic carbocycles. The van der Waals surface area contributed by atoms with Crippen LogP contribution in [0.4, 0.5) is 0 Å². The summed E-state index contributed by atoms with van der Waals surface area (Å²) in [7, 11) is 5.14. The van der Waals surface area contributed by atoms with E-state index in [-0.39, 0.29) is 5.52 Å². The van der Waals surface area contributed by atoms with E-state index in [1.807, 2.05) is 0 Å². The molecule has 0 saturated carbocycles. The van der Waals surface area contributed by atoms with Gasteiger partial charge in [-0.25, -0.2) is 0 Å². The minimum atomic E-state index is -0.144. The molecule has 1 rings (SSSR count). The van der Waals surface area contributed by atoms with Crippen LogP contribution in [-0.2, 0) is 0 Å². The molecule has 0 heterocycles. The van der Waals surface area contributed by atoms with Gasteiger partial charge in [-0.1, -0.05) is 15.3 Å². The number of hydrogen-bond donors (Lipinski definition) is 0. The molecule has 1 unspecified atom stereocenters. The number of carbonyl (C=O) groups is 1. The lowest BCUT2D eigenvalue weighted by Crippen LogP contribution is -1.98. The zero-order chi connectivity index (χ0) is 9.84.